The Balaban J connectivity index is 1.47. The number of aromatic nitrogens is 1. The van der Waals surface area contributed by atoms with Crippen LogP contribution < -0.4 is 10.5 Å². The van der Waals surface area contributed by atoms with Crippen LogP contribution in [0.4, 0.5) is 10.1 Å². The van der Waals surface area contributed by atoms with Crippen molar-refractivity contribution in [2.75, 3.05) is 5.73 Å². The molecule has 0 radical (unpaired) electrons. The van der Waals surface area contributed by atoms with Crippen LogP contribution in [0.3, 0.4) is 0 Å². The van der Waals surface area contributed by atoms with E-state index >= 15 is 0 Å². The Hall–Kier alpha value is -3.27. The number of aliphatic imine (C=N–C) groups is 1. The lowest BCUT2D eigenvalue weighted by Gasteiger charge is -2.23. The van der Waals surface area contributed by atoms with Crippen LogP contribution >= 0.6 is 22.9 Å². The highest BCUT2D eigenvalue weighted by Crippen LogP contribution is 2.43. The molecule has 2 aromatic heterocycles. The van der Waals surface area contributed by atoms with Gasteiger partial charge in [0.2, 0.25) is 5.69 Å². The molecule has 7 nitrogen and oxygen atoms in total. The van der Waals surface area contributed by atoms with E-state index in [-0.39, 0.29) is 29.0 Å². The van der Waals surface area contributed by atoms with E-state index in [1.165, 1.54) is 17.8 Å². The van der Waals surface area contributed by atoms with Crippen LogP contribution in [-0.4, -0.2) is 21.9 Å². The Morgan fingerprint density at radius 3 is 2.85 bits per heavy atom. The van der Waals surface area contributed by atoms with E-state index in [2.05, 4.69) is 4.99 Å². The number of halogens is 2. The summed E-state index contributed by atoms with van der Waals surface area (Å²) in [6.45, 7) is 0. The molecule has 1 unspecified atom stereocenters. The molecule has 10 heteroatoms. The van der Waals surface area contributed by atoms with Gasteiger partial charge in [-0.15, -0.1) is 11.3 Å². The van der Waals surface area contributed by atoms with E-state index in [0.717, 1.165) is 11.3 Å². The number of aliphatic hydroxyl groups is 1. The maximum atomic E-state index is 14.5. The monoisotopic (exact) mass is 485 g/mol. The first-order chi connectivity index (χ1) is 15.7. The molecule has 0 amide bonds. The van der Waals surface area contributed by atoms with Gasteiger partial charge in [-0.2, -0.15) is 4.73 Å². The zero-order valence-electron chi connectivity index (χ0n) is 17.0. The van der Waals surface area contributed by atoms with Crippen molar-refractivity contribution in [1.29, 1.82) is 0 Å². The third-order valence-electron chi connectivity index (χ3n) is 6.07. The molecule has 3 aromatic rings. The van der Waals surface area contributed by atoms with E-state index < -0.39 is 17.4 Å². The number of aromatic carboxylic acids is 1. The lowest BCUT2D eigenvalue weighted by atomic mass is 9.89. The van der Waals surface area contributed by atoms with Crippen molar-refractivity contribution < 1.29 is 24.1 Å². The number of carbonyl (C=O) groups is 1. The number of nitrogen functional groups attached to an aromatic ring is 1. The quantitative estimate of drug-likeness (QED) is 0.291. The first-order valence-electron chi connectivity index (χ1n) is 10.00. The minimum Gasteiger partial charge on any atom is -0.618 e. The molecule has 3 heterocycles. The van der Waals surface area contributed by atoms with Crippen molar-refractivity contribution in [2.45, 2.75) is 24.9 Å². The van der Waals surface area contributed by atoms with Gasteiger partial charge in [-0.05, 0) is 42.7 Å². The summed E-state index contributed by atoms with van der Waals surface area (Å²) in [4.78, 5) is 15.1. The number of hydrogen-bond acceptors (Lipinski definition) is 6. The summed E-state index contributed by atoms with van der Waals surface area (Å²) in [5.41, 5.74) is 7.87. The number of aryl methyl sites for hydroxylation is 1. The number of thiophene rings is 1. The second-order valence-corrected chi connectivity index (χ2v) is 9.34. The number of anilines is 1. The summed E-state index contributed by atoms with van der Waals surface area (Å²) in [6.07, 6.45) is 3.54. The zero-order valence-corrected chi connectivity index (χ0v) is 18.6. The Kier molecular flexibility index (Phi) is 5.00. The average Bonchev–Trinajstić information content (AvgIpc) is 3.47. The Morgan fingerprint density at radius 2 is 2.12 bits per heavy atom. The van der Waals surface area contributed by atoms with E-state index in [9.17, 15) is 19.5 Å². The van der Waals surface area contributed by atoms with Gasteiger partial charge >= 0.3 is 5.97 Å². The van der Waals surface area contributed by atoms with Crippen LogP contribution in [0, 0.1) is 11.0 Å². The number of hydrogen-bond donors (Lipinski definition) is 3. The molecule has 0 saturated carbocycles. The summed E-state index contributed by atoms with van der Waals surface area (Å²) in [7, 11) is 0. The number of nitrogens with zero attached hydrogens (tertiary/aromatic N) is 2. The molecule has 1 aliphatic heterocycles. The average molecular weight is 486 g/mol. The lowest BCUT2D eigenvalue weighted by molar-refractivity contribution is -0.619. The number of fused-ring (bicyclic) bond motifs is 1. The third-order valence-corrected chi connectivity index (χ3v) is 7.25. The fourth-order valence-corrected chi connectivity index (χ4v) is 5.43. The molecule has 0 fully saturated rings. The van der Waals surface area contributed by atoms with Crippen molar-refractivity contribution in [1.82, 2.24) is 0 Å². The summed E-state index contributed by atoms with van der Waals surface area (Å²) in [5.74, 6) is -2.16. The second-order valence-electron chi connectivity index (χ2n) is 8.02. The van der Waals surface area contributed by atoms with Crippen molar-refractivity contribution in [2.24, 2.45) is 4.99 Å². The number of rotatable bonds is 4. The molecule has 1 aliphatic carbocycles. The van der Waals surface area contributed by atoms with Gasteiger partial charge in [0, 0.05) is 51.0 Å². The molecule has 2 aliphatic rings. The van der Waals surface area contributed by atoms with Crippen molar-refractivity contribution in [3.63, 3.8) is 0 Å². The van der Waals surface area contributed by atoms with Crippen LogP contribution in [-0.2, 0) is 12.0 Å². The van der Waals surface area contributed by atoms with Gasteiger partial charge in [0.15, 0.2) is 17.6 Å². The third kappa shape index (κ3) is 3.40. The summed E-state index contributed by atoms with van der Waals surface area (Å²) >= 11 is 6.88. The van der Waals surface area contributed by atoms with Gasteiger partial charge in [-0.1, -0.05) is 11.6 Å². The number of nitrogens with two attached hydrogens (primary N) is 1. The van der Waals surface area contributed by atoms with E-state index in [4.69, 9.17) is 22.4 Å². The molecular formula is C23H17ClFN3O4S. The van der Waals surface area contributed by atoms with Crippen molar-refractivity contribution in [3.8, 4) is 11.1 Å². The highest BCUT2D eigenvalue weighted by atomic mass is 35.5. The fraction of sp³-hybridized carbons (Fsp3) is 0.174. The van der Waals surface area contributed by atoms with Gasteiger partial charge in [-0.3, -0.25) is 4.99 Å². The summed E-state index contributed by atoms with van der Waals surface area (Å²) in [5, 5.41) is 35.5. The maximum Gasteiger partial charge on any atom is 0.348 e. The largest absolute Gasteiger partial charge is 0.618 e. The summed E-state index contributed by atoms with van der Waals surface area (Å²) in [6, 6.07) is 6.82. The molecular weight excluding hydrogens is 469 g/mol. The molecule has 4 N–H and O–H groups in total. The predicted octanol–water partition coefficient (Wildman–Crippen LogP) is 4.14. The number of benzene rings is 1. The predicted molar refractivity (Wildman–Crippen MR) is 124 cm³/mol. The van der Waals surface area contributed by atoms with E-state index in [1.807, 2.05) is 6.07 Å². The molecule has 33 heavy (non-hydrogen) atoms. The Labute approximate surface area is 196 Å². The van der Waals surface area contributed by atoms with E-state index in [1.54, 1.807) is 18.2 Å². The SMILES string of the molecule is Nc1ccc(Cl)cc1-c1cc2c([n+]([O-])c1)C(O)(C1=NC=C(c3csc(C(=O)O)c3F)C1)CC2. The highest BCUT2D eigenvalue weighted by Gasteiger charge is 2.49. The molecule has 0 bridgehead atoms. The molecule has 0 spiro atoms. The van der Waals surface area contributed by atoms with Gasteiger partial charge in [0.1, 0.15) is 4.88 Å². The second kappa shape index (κ2) is 7.65. The fourth-order valence-electron chi connectivity index (χ4n) is 4.45. The lowest BCUT2D eigenvalue weighted by Crippen LogP contribution is -2.45. The Morgan fingerprint density at radius 1 is 1.33 bits per heavy atom. The topological polar surface area (TPSA) is 123 Å². The first-order valence-corrected chi connectivity index (χ1v) is 11.3. The minimum absolute atomic E-state index is 0.103. The van der Waals surface area contributed by atoms with Gasteiger partial charge in [0.25, 0.3) is 0 Å². The molecule has 5 rings (SSSR count). The first kappa shape index (κ1) is 21.6. The number of allylic oxidation sites excluding steroid dienone is 1. The summed E-state index contributed by atoms with van der Waals surface area (Å²) < 4.78 is 15.1. The van der Waals surface area contributed by atoms with Crippen LogP contribution in [0.2, 0.25) is 5.02 Å². The van der Waals surface area contributed by atoms with Gasteiger partial charge < -0.3 is 21.2 Å². The number of carboxylic acids is 1. The molecule has 0 saturated heterocycles. The van der Waals surface area contributed by atoms with Crippen LogP contribution in [0.5, 0.6) is 0 Å². The number of carboxylic acid groups (broad SMARTS) is 1. The minimum atomic E-state index is -1.62. The maximum absolute atomic E-state index is 14.5. The van der Waals surface area contributed by atoms with Crippen molar-refractivity contribution >= 4 is 45.9 Å². The van der Waals surface area contributed by atoms with Gasteiger partial charge in [-0.25, -0.2) is 9.18 Å². The van der Waals surface area contributed by atoms with Crippen LogP contribution in [0.15, 0.2) is 47.0 Å². The number of pyridine rings is 1. The highest BCUT2D eigenvalue weighted by molar-refractivity contribution is 7.12. The molecule has 1 aromatic carbocycles. The Bertz CT molecular complexity index is 1400. The van der Waals surface area contributed by atoms with Crippen LogP contribution in [0.1, 0.15) is 39.3 Å². The van der Waals surface area contributed by atoms with Crippen LogP contribution in [0.25, 0.3) is 16.7 Å². The van der Waals surface area contributed by atoms with Crippen molar-refractivity contribution in [3.05, 3.63) is 79.8 Å². The van der Waals surface area contributed by atoms with E-state index in [0.29, 0.717) is 49.8 Å². The smallest absolute Gasteiger partial charge is 0.348 e. The molecule has 168 valence electrons. The molecule has 1 atom stereocenters. The normalized spacial score (nSPS) is 19.4. The standard InChI is InChI=1S/C23H17ClFN3O4S/c24-14-1-2-17(26)15(7-14)13-5-11-3-4-23(31,21(11)28(32)9-13)18-6-12(8-27-18)16-10-33-20(19(16)25)22(29)30/h1-2,5,7-10,31H,3-4,6,26H2,(H,29,30). The van der Waals surface area contributed by atoms with Gasteiger partial charge in [0.05, 0.1) is 5.71 Å². The zero-order chi connectivity index (χ0) is 23.5.